The topological polar surface area (TPSA) is 67.2 Å². The average Bonchev–Trinajstić information content (AvgIpc) is 3.38. The lowest BCUT2D eigenvalue weighted by Crippen LogP contribution is -2.49. The lowest BCUT2D eigenvalue weighted by atomic mass is 10.3. The largest absolute Gasteiger partial charge is 0.345 e. The van der Waals surface area contributed by atoms with E-state index in [0.29, 0.717) is 13.1 Å². The molecule has 0 bridgehead atoms. The van der Waals surface area contributed by atoms with Gasteiger partial charge in [-0.05, 0) is 30.5 Å². The van der Waals surface area contributed by atoms with E-state index in [1.54, 1.807) is 27.8 Å². The molecule has 1 fully saturated rings. The first-order valence-electron chi connectivity index (χ1n) is 9.47. The molecule has 1 aliphatic heterocycles. The molecule has 3 heterocycles. The number of piperazine rings is 1. The maximum atomic E-state index is 12.8. The van der Waals surface area contributed by atoms with Gasteiger partial charge < -0.3 is 9.80 Å². The van der Waals surface area contributed by atoms with Gasteiger partial charge in [0, 0.05) is 31.1 Å². The van der Waals surface area contributed by atoms with E-state index in [1.165, 1.54) is 9.60 Å². The summed E-state index contributed by atoms with van der Waals surface area (Å²) in [5, 5.41) is 9.30. The number of carbonyl (C=O) groups excluding carboxylic acids is 1. The highest BCUT2D eigenvalue weighted by molar-refractivity contribution is 7.98. The van der Waals surface area contributed by atoms with E-state index in [9.17, 15) is 4.79 Å². The molecule has 148 valence electrons. The standard InChI is InChI=1S/C20H20N6OS2/c1-28-16-7-4-8-17-19(16)21-20(29-17)25-11-9-24(10-12-25)18(27)13-26-15-6-3-2-5-14(15)22-23-26/h2-8H,9-13H2,1H3. The van der Waals surface area contributed by atoms with Gasteiger partial charge in [0.25, 0.3) is 0 Å². The van der Waals surface area contributed by atoms with E-state index in [-0.39, 0.29) is 12.5 Å². The Bertz CT molecular complexity index is 1180. The number of para-hydroxylation sites is 2. The average molecular weight is 425 g/mol. The SMILES string of the molecule is CSc1cccc2sc(N3CCN(C(=O)Cn4nnc5ccccc54)CC3)nc12. The van der Waals surface area contributed by atoms with Gasteiger partial charge in [-0.3, -0.25) is 4.79 Å². The first-order valence-corrected chi connectivity index (χ1v) is 11.5. The second kappa shape index (κ2) is 7.64. The van der Waals surface area contributed by atoms with Crippen LogP contribution in [0.1, 0.15) is 0 Å². The maximum absolute atomic E-state index is 12.8. The van der Waals surface area contributed by atoms with Crippen LogP contribution < -0.4 is 4.90 Å². The van der Waals surface area contributed by atoms with Crippen molar-refractivity contribution in [3.05, 3.63) is 42.5 Å². The third kappa shape index (κ3) is 3.44. The predicted molar refractivity (Wildman–Crippen MR) is 118 cm³/mol. The smallest absolute Gasteiger partial charge is 0.244 e. The molecule has 4 aromatic rings. The minimum absolute atomic E-state index is 0.0780. The number of carbonyl (C=O) groups is 1. The van der Waals surface area contributed by atoms with Crippen molar-refractivity contribution in [3.8, 4) is 0 Å². The number of hydrogen-bond donors (Lipinski definition) is 0. The summed E-state index contributed by atoms with van der Waals surface area (Å²) in [6, 6.07) is 14.0. The van der Waals surface area contributed by atoms with Gasteiger partial charge in [0.05, 0.1) is 15.7 Å². The molecular formula is C20H20N6OS2. The summed E-state index contributed by atoms with van der Waals surface area (Å²) in [5.74, 6) is 0.0780. The molecule has 0 spiro atoms. The van der Waals surface area contributed by atoms with Crippen LogP contribution >= 0.6 is 23.1 Å². The summed E-state index contributed by atoms with van der Waals surface area (Å²) in [6.45, 7) is 3.18. The molecule has 1 aliphatic rings. The normalized spacial score (nSPS) is 14.8. The Morgan fingerprint density at radius 2 is 1.93 bits per heavy atom. The van der Waals surface area contributed by atoms with Crippen molar-refractivity contribution in [1.29, 1.82) is 0 Å². The number of thioether (sulfide) groups is 1. The van der Waals surface area contributed by atoms with Crippen LogP contribution in [0.15, 0.2) is 47.4 Å². The Morgan fingerprint density at radius 1 is 1.10 bits per heavy atom. The van der Waals surface area contributed by atoms with Gasteiger partial charge in [-0.25, -0.2) is 9.67 Å². The molecule has 1 saturated heterocycles. The molecule has 0 radical (unpaired) electrons. The van der Waals surface area contributed by atoms with E-state index in [2.05, 4.69) is 39.7 Å². The maximum Gasteiger partial charge on any atom is 0.244 e. The van der Waals surface area contributed by atoms with Gasteiger partial charge in [0.15, 0.2) is 5.13 Å². The fourth-order valence-corrected chi connectivity index (χ4v) is 5.29. The summed E-state index contributed by atoms with van der Waals surface area (Å²) in [6.07, 6.45) is 2.08. The molecule has 2 aromatic heterocycles. The van der Waals surface area contributed by atoms with Gasteiger partial charge in [0.1, 0.15) is 12.1 Å². The lowest BCUT2D eigenvalue weighted by Gasteiger charge is -2.34. The molecule has 2 aromatic carbocycles. The van der Waals surface area contributed by atoms with Crippen LogP contribution in [-0.2, 0) is 11.3 Å². The van der Waals surface area contributed by atoms with Crippen LogP contribution in [0.5, 0.6) is 0 Å². The van der Waals surface area contributed by atoms with Crippen molar-refractivity contribution in [2.24, 2.45) is 0 Å². The van der Waals surface area contributed by atoms with Crippen LogP contribution in [0.25, 0.3) is 21.3 Å². The minimum atomic E-state index is 0.0780. The highest BCUT2D eigenvalue weighted by atomic mass is 32.2. The number of aromatic nitrogens is 4. The zero-order valence-electron chi connectivity index (χ0n) is 16.0. The Kier molecular flexibility index (Phi) is 4.84. The first kappa shape index (κ1) is 18.4. The molecule has 0 unspecified atom stereocenters. The zero-order valence-corrected chi connectivity index (χ0v) is 17.6. The monoisotopic (exact) mass is 424 g/mol. The number of benzene rings is 2. The summed E-state index contributed by atoms with van der Waals surface area (Å²) in [4.78, 5) is 23.0. The molecule has 9 heteroatoms. The van der Waals surface area contributed by atoms with Crippen molar-refractivity contribution in [2.45, 2.75) is 11.4 Å². The number of hydrogen-bond acceptors (Lipinski definition) is 7. The van der Waals surface area contributed by atoms with Gasteiger partial charge in [-0.2, -0.15) is 0 Å². The third-order valence-electron chi connectivity index (χ3n) is 5.20. The van der Waals surface area contributed by atoms with Crippen LogP contribution in [0.2, 0.25) is 0 Å². The molecule has 0 N–H and O–H groups in total. The quantitative estimate of drug-likeness (QED) is 0.469. The number of fused-ring (bicyclic) bond motifs is 2. The number of thiazole rings is 1. The highest BCUT2D eigenvalue weighted by Gasteiger charge is 2.24. The summed E-state index contributed by atoms with van der Waals surface area (Å²) >= 11 is 3.45. The second-order valence-corrected chi connectivity index (χ2v) is 8.76. The Hall–Kier alpha value is -2.65. The first-order chi connectivity index (χ1) is 14.2. The van der Waals surface area contributed by atoms with Gasteiger partial charge >= 0.3 is 0 Å². The van der Waals surface area contributed by atoms with E-state index >= 15 is 0 Å². The van der Waals surface area contributed by atoms with Crippen molar-refractivity contribution in [3.63, 3.8) is 0 Å². The van der Waals surface area contributed by atoms with E-state index in [0.717, 1.165) is 34.8 Å². The Labute approximate surface area is 176 Å². The summed E-state index contributed by atoms with van der Waals surface area (Å²) < 4.78 is 2.89. The Morgan fingerprint density at radius 3 is 2.76 bits per heavy atom. The van der Waals surface area contributed by atoms with Crippen LogP contribution in [-0.4, -0.2) is 63.2 Å². The number of rotatable bonds is 4. The van der Waals surface area contributed by atoms with Crippen molar-refractivity contribution in [1.82, 2.24) is 24.9 Å². The summed E-state index contributed by atoms with van der Waals surface area (Å²) in [5.41, 5.74) is 2.78. The van der Waals surface area contributed by atoms with E-state index in [1.807, 2.05) is 29.2 Å². The number of amides is 1. The predicted octanol–water partition coefficient (Wildman–Crippen LogP) is 3.11. The van der Waals surface area contributed by atoms with Gasteiger partial charge in [-0.15, -0.1) is 16.9 Å². The van der Waals surface area contributed by atoms with Gasteiger partial charge in [0.2, 0.25) is 5.91 Å². The molecule has 0 saturated carbocycles. The van der Waals surface area contributed by atoms with Crippen LogP contribution in [0.3, 0.4) is 0 Å². The van der Waals surface area contributed by atoms with Crippen LogP contribution in [0, 0.1) is 0 Å². The van der Waals surface area contributed by atoms with Gasteiger partial charge in [-0.1, -0.05) is 34.7 Å². The molecule has 7 nitrogen and oxygen atoms in total. The van der Waals surface area contributed by atoms with E-state index < -0.39 is 0 Å². The van der Waals surface area contributed by atoms with Crippen molar-refractivity contribution in [2.75, 3.05) is 37.3 Å². The van der Waals surface area contributed by atoms with Crippen LogP contribution in [0.4, 0.5) is 5.13 Å². The molecular weight excluding hydrogens is 404 g/mol. The Balaban J connectivity index is 1.26. The number of nitrogens with zero attached hydrogens (tertiary/aromatic N) is 6. The highest BCUT2D eigenvalue weighted by Crippen LogP contribution is 2.34. The van der Waals surface area contributed by atoms with E-state index in [4.69, 9.17) is 4.98 Å². The fraction of sp³-hybridized carbons (Fsp3) is 0.300. The molecule has 0 atom stereocenters. The number of anilines is 1. The minimum Gasteiger partial charge on any atom is -0.345 e. The molecule has 29 heavy (non-hydrogen) atoms. The third-order valence-corrected chi connectivity index (χ3v) is 7.05. The van der Waals surface area contributed by atoms with Crippen molar-refractivity contribution >= 4 is 55.4 Å². The second-order valence-electron chi connectivity index (χ2n) is 6.91. The lowest BCUT2D eigenvalue weighted by molar-refractivity contribution is -0.132. The molecule has 5 rings (SSSR count). The molecule has 1 amide bonds. The summed E-state index contributed by atoms with van der Waals surface area (Å²) in [7, 11) is 0. The fourth-order valence-electron chi connectivity index (χ4n) is 3.62. The van der Waals surface area contributed by atoms with Crippen molar-refractivity contribution < 1.29 is 4.79 Å². The molecule has 0 aliphatic carbocycles. The zero-order chi connectivity index (χ0) is 19.8.